The summed E-state index contributed by atoms with van der Waals surface area (Å²) in [4.78, 5) is 13.4. The molecule has 0 saturated heterocycles. The van der Waals surface area contributed by atoms with E-state index in [0.717, 1.165) is 21.2 Å². The standard InChI is InChI=1S/C19H21Cl2NO2S/c1-3-18(24-15-6-9-17(21)13(2)12-15)19(23)22-10-11-25-16-7-4-14(20)5-8-16/h4-9,12,18H,3,10-11H2,1-2H3,(H,22,23)/t18-/m0/s1. The molecule has 2 aromatic carbocycles. The van der Waals surface area contributed by atoms with Crippen LogP contribution in [-0.4, -0.2) is 24.3 Å². The van der Waals surface area contributed by atoms with Crippen molar-refractivity contribution >= 4 is 40.9 Å². The van der Waals surface area contributed by atoms with Gasteiger partial charge < -0.3 is 10.1 Å². The van der Waals surface area contributed by atoms with Gasteiger partial charge in [0.1, 0.15) is 5.75 Å². The van der Waals surface area contributed by atoms with Crippen molar-refractivity contribution in [3.05, 3.63) is 58.1 Å². The van der Waals surface area contributed by atoms with Crippen LogP contribution in [0.3, 0.4) is 0 Å². The zero-order chi connectivity index (χ0) is 18.2. The van der Waals surface area contributed by atoms with Gasteiger partial charge >= 0.3 is 0 Å². The fourth-order valence-electron chi connectivity index (χ4n) is 2.16. The Labute approximate surface area is 163 Å². The molecule has 0 aliphatic carbocycles. The molecule has 0 unspecified atom stereocenters. The van der Waals surface area contributed by atoms with E-state index in [2.05, 4.69) is 5.32 Å². The molecule has 0 bridgehead atoms. The molecule has 2 aromatic rings. The van der Waals surface area contributed by atoms with Crippen LogP contribution < -0.4 is 10.1 Å². The lowest BCUT2D eigenvalue weighted by Gasteiger charge is -2.17. The minimum atomic E-state index is -0.513. The van der Waals surface area contributed by atoms with Crippen molar-refractivity contribution in [2.24, 2.45) is 0 Å². The van der Waals surface area contributed by atoms with E-state index in [1.807, 2.05) is 44.2 Å². The van der Waals surface area contributed by atoms with Crippen LogP contribution in [0.1, 0.15) is 18.9 Å². The van der Waals surface area contributed by atoms with Gasteiger partial charge in [0.05, 0.1) is 0 Å². The van der Waals surface area contributed by atoms with Crippen molar-refractivity contribution in [1.29, 1.82) is 0 Å². The first-order chi connectivity index (χ1) is 12.0. The van der Waals surface area contributed by atoms with Gasteiger partial charge in [0.2, 0.25) is 0 Å². The second kappa shape index (κ2) is 9.95. The quantitative estimate of drug-likeness (QED) is 0.480. The molecule has 6 heteroatoms. The van der Waals surface area contributed by atoms with Crippen molar-refractivity contribution in [2.75, 3.05) is 12.3 Å². The molecule has 0 fully saturated rings. The van der Waals surface area contributed by atoms with Crippen molar-refractivity contribution in [1.82, 2.24) is 5.32 Å². The minimum absolute atomic E-state index is 0.105. The average Bonchev–Trinajstić information content (AvgIpc) is 2.61. The molecule has 0 aliphatic rings. The fraction of sp³-hybridized carbons (Fsp3) is 0.316. The molecule has 1 N–H and O–H groups in total. The molecule has 0 aromatic heterocycles. The van der Waals surface area contributed by atoms with Gasteiger partial charge in [-0.15, -0.1) is 11.8 Å². The molecule has 1 amide bonds. The maximum absolute atomic E-state index is 12.3. The zero-order valence-corrected chi connectivity index (χ0v) is 16.5. The highest BCUT2D eigenvalue weighted by atomic mass is 35.5. The van der Waals surface area contributed by atoms with E-state index >= 15 is 0 Å². The third-order valence-electron chi connectivity index (χ3n) is 3.55. The Bertz CT molecular complexity index is 707. The summed E-state index contributed by atoms with van der Waals surface area (Å²) in [5, 5.41) is 4.33. The van der Waals surface area contributed by atoms with Gasteiger partial charge in [-0.05, 0) is 61.4 Å². The Balaban J connectivity index is 1.79. The number of rotatable bonds is 8. The van der Waals surface area contributed by atoms with Gasteiger partial charge in [0, 0.05) is 27.2 Å². The van der Waals surface area contributed by atoms with Crippen molar-refractivity contribution < 1.29 is 9.53 Å². The van der Waals surface area contributed by atoms with Crippen LogP contribution in [0.15, 0.2) is 47.4 Å². The summed E-state index contributed by atoms with van der Waals surface area (Å²) in [5.74, 6) is 1.33. The number of carbonyl (C=O) groups is 1. The monoisotopic (exact) mass is 397 g/mol. The van der Waals surface area contributed by atoms with Gasteiger partial charge in [0.25, 0.3) is 5.91 Å². The maximum Gasteiger partial charge on any atom is 0.261 e. The molecule has 0 saturated carbocycles. The maximum atomic E-state index is 12.3. The Kier molecular flexibility index (Phi) is 7.94. The highest BCUT2D eigenvalue weighted by Crippen LogP contribution is 2.22. The van der Waals surface area contributed by atoms with Crippen LogP contribution in [0.25, 0.3) is 0 Å². The zero-order valence-electron chi connectivity index (χ0n) is 14.2. The summed E-state index contributed by atoms with van der Waals surface area (Å²) in [7, 11) is 0. The number of carbonyl (C=O) groups excluding carboxylic acids is 1. The number of hydrogen-bond donors (Lipinski definition) is 1. The van der Waals surface area contributed by atoms with Gasteiger partial charge in [-0.3, -0.25) is 4.79 Å². The summed E-state index contributed by atoms with van der Waals surface area (Å²) in [5.41, 5.74) is 0.925. The van der Waals surface area contributed by atoms with E-state index in [9.17, 15) is 4.79 Å². The number of halogens is 2. The van der Waals surface area contributed by atoms with E-state index in [1.165, 1.54) is 0 Å². The van der Waals surface area contributed by atoms with E-state index in [-0.39, 0.29) is 5.91 Å². The number of benzene rings is 2. The minimum Gasteiger partial charge on any atom is -0.481 e. The largest absolute Gasteiger partial charge is 0.481 e. The molecule has 134 valence electrons. The molecule has 25 heavy (non-hydrogen) atoms. The predicted octanol–water partition coefficient (Wildman–Crippen LogP) is 5.37. The predicted molar refractivity (Wildman–Crippen MR) is 106 cm³/mol. The van der Waals surface area contributed by atoms with Crippen LogP contribution in [0.5, 0.6) is 5.75 Å². The number of ether oxygens (including phenoxy) is 1. The topological polar surface area (TPSA) is 38.3 Å². The van der Waals surface area contributed by atoms with E-state index in [0.29, 0.717) is 23.7 Å². The molecule has 0 radical (unpaired) electrons. The van der Waals surface area contributed by atoms with Crippen LogP contribution in [0.2, 0.25) is 10.0 Å². The number of hydrogen-bond acceptors (Lipinski definition) is 3. The lowest BCUT2D eigenvalue weighted by atomic mass is 10.2. The van der Waals surface area contributed by atoms with Crippen molar-refractivity contribution in [2.45, 2.75) is 31.3 Å². The van der Waals surface area contributed by atoms with E-state index in [1.54, 1.807) is 23.9 Å². The first kappa shape index (κ1) is 20.0. The lowest BCUT2D eigenvalue weighted by Crippen LogP contribution is -2.39. The normalized spacial score (nSPS) is 11.8. The number of amides is 1. The van der Waals surface area contributed by atoms with Gasteiger partial charge in [-0.25, -0.2) is 0 Å². The van der Waals surface area contributed by atoms with E-state index in [4.69, 9.17) is 27.9 Å². The third-order valence-corrected chi connectivity index (χ3v) is 5.24. The lowest BCUT2D eigenvalue weighted by molar-refractivity contribution is -0.127. The number of aryl methyl sites for hydroxylation is 1. The number of thioether (sulfide) groups is 1. The number of nitrogens with one attached hydrogen (secondary N) is 1. The summed E-state index contributed by atoms with van der Waals surface area (Å²) in [6.45, 7) is 4.41. The van der Waals surface area contributed by atoms with Crippen molar-refractivity contribution in [3.63, 3.8) is 0 Å². The molecule has 1 atom stereocenters. The highest BCUT2D eigenvalue weighted by molar-refractivity contribution is 7.99. The smallest absolute Gasteiger partial charge is 0.261 e. The molecular formula is C19H21Cl2NO2S. The fourth-order valence-corrected chi connectivity index (χ4v) is 3.18. The SMILES string of the molecule is CC[C@H](Oc1ccc(Cl)c(C)c1)C(=O)NCCSc1ccc(Cl)cc1. The molecule has 0 heterocycles. The summed E-state index contributed by atoms with van der Waals surface area (Å²) in [6.07, 6.45) is 0.0822. The van der Waals surface area contributed by atoms with Gasteiger partial charge in [0.15, 0.2) is 6.10 Å². The van der Waals surface area contributed by atoms with Gasteiger partial charge in [-0.2, -0.15) is 0 Å². The molecule has 0 spiro atoms. The summed E-state index contributed by atoms with van der Waals surface area (Å²) >= 11 is 13.5. The highest BCUT2D eigenvalue weighted by Gasteiger charge is 2.18. The molecule has 3 nitrogen and oxygen atoms in total. The van der Waals surface area contributed by atoms with Crippen molar-refractivity contribution in [3.8, 4) is 5.75 Å². The second-order valence-corrected chi connectivity index (χ2v) is 7.53. The van der Waals surface area contributed by atoms with Crippen LogP contribution >= 0.6 is 35.0 Å². The Morgan fingerprint density at radius 1 is 1.20 bits per heavy atom. The molecular weight excluding hydrogens is 377 g/mol. The Morgan fingerprint density at radius 3 is 2.56 bits per heavy atom. The first-order valence-corrected chi connectivity index (χ1v) is 9.82. The van der Waals surface area contributed by atoms with Crippen LogP contribution in [-0.2, 0) is 4.79 Å². The van der Waals surface area contributed by atoms with Gasteiger partial charge in [-0.1, -0.05) is 30.1 Å². The molecule has 2 rings (SSSR count). The van der Waals surface area contributed by atoms with E-state index < -0.39 is 6.10 Å². The third kappa shape index (κ3) is 6.46. The molecule has 0 aliphatic heterocycles. The Morgan fingerprint density at radius 2 is 1.92 bits per heavy atom. The van der Waals surface area contributed by atoms with Crippen LogP contribution in [0.4, 0.5) is 0 Å². The average molecular weight is 398 g/mol. The first-order valence-electron chi connectivity index (χ1n) is 8.08. The summed E-state index contributed by atoms with van der Waals surface area (Å²) < 4.78 is 5.80. The second-order valence-electron chi connectivity index (χ2n) is 5.52. The summed E-state index contributed by atoms with van der Waals surface area (Å²) in [6, 6.07) is 13.1. The van der Waals surface area contributed by atoms with Crippen LogP contribution in [0, 0.1) is 6.92 Å². The Hall–Kier alpha value is -1.36.